The van der Waals surface area contributed by atoms with E-state index in [0.29, 0.717) is 5.56 Å². The van der Waals surface area contributed by atoms with Crippen LogP contribution in [-0.2, 0) is 14.8 Å². The maximum absolute atomic E-state index is 12.4. The van der Waals surface area contributed by atoms with E-state index in [-0.39, 0.29) is 23.9 Å². The predicted octanol–water partition coefficient (Wildman–Crippen LogP) is 2.72. The van der Waals surface area contributed by atoms with Crippen LogP contribution >= 0.6 is 0 Å². The first kappa shape index (κ1) is 19.9. The van der Waals surface area contributed by atoms with Gasteiger partial charge in [0, 0.05) is 19.2 Å². The molecule has 0 unspecified atom stereocenters. The Balaban J connectivity index is 1.83. The van der Waals surface area contributed by atoms with Gasteiger partial charge in [0.2, 0.25) is 15.9 Å². The van der Waals surface area contributed by atoms with Crippen LogP contribution in [0.5, 0.6) is 0 Å². The van der Waals surface area contributed by atoms with Gasteiger partial charge in [-0.05, 0) is 49.6 Å². The lowest BCUT2D eigenvalue weighted by molar-refractivity contribution is -0.116. The normalized spacial score (nSPS) is 11.7. The fraction of sp³-hybridized carbons (Fsp3) is 0.250. The molecule has 0 aromatic heterocycles. The highest BCUT2D eigenvalue weighted by atomic mass is 32.2. The Bertz CT molecular complexity index is 901. The number of nitrogens with one attached hydrogen (secondary N) is 2. The monoisotopic (exact) mass is 372 g/mol. The average molecular weight is 372 g/mol. The van der Waals surface area contributed by atoms with Crippen molar-refractivity contribution in [1.29, 1.82) is 0 Å². The summed E-state index contributed by atoms with van der Waals surface area (Å²) in [5.41, 5.74) is 3.66. The molecule has 0 aliphatic carbocycles. The third-order valence-electron chi connectivity index (χ3n) is 3.85. The first-order valence-electron chi connectivity index (χ1n) is 8.37. The Labute approximate surface area is 155 Å². The molecule has 0 spiro atoms. The van der Waals surface area contributed by atoms with Crippen molar-refractivity contribution >= 4 is 22.0 Å². The molecule has 0 saturated heterocycles. The zero-order valence-electron chi connectivity index (χ0n) is 15.2. The molecule has 0 aliphatic rings. The fourth-order valence-corrected chi connectivity index (χ4v) is 3.71. The minimum atomic E-state index is -3.59. The van der Waals surface area contributed by atoms with E-state index in [2.05, 4.69) is 10.0 Å². The lowest BCUT2D eigenvalue weighted by Gasteiger charge is -2.10. The molecule has 2 aromatic carbocycles. The van der Waals surface area contributed by atoms with Crippen molar-refractivity contribution in [2.24, 2.45) is 0 Å². The van der Waals surface area contributed by atoms with E-state index in [9.17, 15) is 13.2 Å². The molecule has 0 radical (unpaired) electrons. The standard InChI is InChI=1S/C20H24N2O3S/c1-15-5-8-18(9-6-15)10-11-20(23)21-12-13-22-26(24,25)19-14-16(2)4-7-17(19)3/h4-11,14,22H,12-13H2,1-3H3,(H,21,23)/b11-10+. The second kappa shape index (κ2) is 8.78. The fourth-order valence-electron chi connectivity index (χ4n) is 2.35. The summed E-state index contributed by atoms with van der Waals surface area (Å²) in [6, 6.07) is 13.1. The minimum Gasteiger partial charge on any atom is -0.351 e. The van der Waals surface area contributed by atoms with Crippen LogP contribution < -0.4 is 10.0 Å². The zero-order valence-corrected chi connectivity index (χ0v) is 16.1. The molecule has 138 valence electrons. The molecule has 0 bridgehead atoms. The largest absolute Gasteiger partial charge is 0.351 e. The van der Waals surface area contributed by atoms with Gasteiger partial charge in [-0.2, -0.15) is 0 Å². The van der Waals surface area contributed by atoms with E-state index in [1.165, 1.54) is 6.08 Å². The Kier molecular flexibility index (Phi) is 6.71. The summed E-state index contributed by atoms with van der Waals surface area (Å²) in [4.78, 5) is 12.1. The van der Waals surface area contributed by atoms with Crippen LogP contribution in [0.15, 0.2) is 53.4 Å². The third kappa shape index (κ3) is 5.82. The van der Waals surface area contributed by atoms with Crippen LogP contribution in [0.25, 0.3) is 6.08 Å². The van der Waals surface area contributed by atoms with E-state index < -0.39 is 10.0 Å². The Morgan fingerprint density at radius 3 is 2.31 bits per heavy atom. The van der Waals surface area contributed by atoms with Crippen LogP contribution in [0.1, 0.15) is 22.3 Å². The van der Waals surface area contributed by atoms with Crippen LogP contribution in [0, 0.1) is 20.8 Å². The van der Waals surface area contributed by atoms with Gasteiger partial charge in [-0.25, -0.2) is 13.1 Å². The Morgan fingerprint density at radius 2 is 1.62 bits per heavy atom. The minimum absolute atomic E-state index is 0.125. The lowest BCUT2D eigenvalue weighted by Crippen LogP contribution is -2.34. The summed E-state index contributed by atoms with van der Waals surface area (Å²) in [7, 11) is -3.59. The Hall–Kier alpha value is -2.44. The highest BCUT2D eigenvalue weighted by Crippen LogP contribution is 2.16. The van der Waals surface area contributed by atoms with Crippen LogP contribution in [-0.4, -0.2) is 27.4 Å². The number of hydrogen-bond donors (Lipinski definition) is 2. The van der Waals surface area contributed by atoms with Crippen molar-refractivity contribution in [3.8, 4) is 0 Å². The van der Waals surface area contributed by atoms with Crippen LogP contribution in [0.2, 0.25) is 0 Å². The summed E-state index contributed by atoms with van der Waals surface area (Å²) in [5, 5.41) is 2.66. The SMILES string of the molecule is Cc1ccc(/C=C/C(=O)NCCNS(=O)(=O)c2cc(C)ccc2C)cc1. The number of rotatable bonds is 7. The molecule has 2 N–H and O–H groups in total. The maximum Gasteiger partial charge on any atom is 0.244 e. The van der Waals surface area contributed by atoms with Crippen molar-refractivity contribution in [3.05, 3.63) is 70.8 Å². The van der Waals surface area contributed by atoms with Crippen LogP contribution in [0.3, 0.4) is 0 Å². The van der Waals surface area contributed by atoms with Crippen molar-refractivity contribution in [1.82, 2.24) is 10.0 Å². The van der Waals surface area contributed by atoms with Gasteiger partial charge in [0.05, 0.1) is 4.90 Å². The molecule has 0 saturated carbocycles. The quantitative estimate of drug-likeness (QED) is 0.580. The first-order valence-corrected chi connectivity index (χ1v) is 9.86. The number of carbonyl (C=O) groups is 1. The van der Waals surface area contributed by atoms with Gasteiger partial charge in [0.1, 0.15) is 0 Å². The van der Waals surface area contributed by atoms with Gasteiger partial charge in [-0.1, -0.05) is 42.0 Å². The summed E-state index contributed by atoms with van der Waals surface area (Å²) < 4.78 is 27.2. The zero-order chi connectivity index (χ0) is 19.2. The molecule has 5 nitrogen and oxygen atoms in total. The summed E-state index contributed by atoms with van der Waals surface area (Å²) >= 11 is 0. The van der Waals surface area contributed by atoms with Gasteiger partial charge in [0.25, 0.3) is 0 Å². The molecule has 0 heterocycles. The molecule has 2 rings (SSSR count). The topological polar surface area (TPSA) is 75.3 Å². The van der Waals surface area contributed by atoms with Crippen LogP contribution in [0.4, 0.5) is 0 Å². The predicted molar refractivity (Wildman–Crippen MR) is 104 cm³/mol. The van der Waals surface area contributed by atoms with Crippen molar-refractivity contribution in [2.45, 2.75) is 25.7 Å². The van der Waals surface area contributed by atoms with Gasteiger partial charge >= 0.3 is 0 Å². The van der Waals surface area contributed by atoms with Crippen molar-refractivity contribution < 1.29 is 13.2 Å². The number of sulfonamides is 1. The van der Waals surface area contributed by atoms with Crippen molar-refractivity contribution in [2.75, 3.05) is 13.1 Å². The number of benzene rings is 2. The second-order valence-corrected chi connectivity index (χ2v) is 7.94. The second-order valence-electron chi connectivity index (χ2n) is 6.20. The van der Waals surface area contributed by atoms with E-state index in [4.69, 9.17) is 0 Å². The molecule has 2 aromatic rings. The van der Waals surface area contributed by atoms with Gasteiger partial charge in [-0.3, -0.25) is 4.79 Å². The lowest BCUT2D eigenvalue weighted by atomic mass is 10.1. The first-order chi connectivity index (χ1) is 12.3. The van der Waals surface area contributed by atoms with E-state index >= 15 is 0 Å². The van der Waals surface area contributed by atoms with Gasteiger partial charge in [-0.15, -0.1) is 0 Å². The van der Waals surface area contributed by atoms with Gasteiger partial charge < -0.3 is 5.32 Å². The van der Waals surface area contributed by atoms with E-state index in [1.807, 2.05) is 44.2 Å². The Morgan fingerprint density at radius 1 is 0.962 bits per heavy atom. The number of carbonyl (C=O) groups excluding carboxylic acids is 1. The molecule has 0 atom stereocenters. The highest BCUT2D eigenvalue weighted by molar-refractivity contribution is 7.89. The summed E-state index contributed by atoms with van der Waals surface area (Å²) in [5.74, 6) is -0.267. The third-order valence-corrected chi connectivity index (χ3v) is 5.46. The van der Waals surface area contributed by atoms with E-state index in [1.54, 1.807) is 25.1 Å². The maximum atomic E-state index is 12.4. The molecular formula is C20H24N2O3S. The molecule has 1 amide bonds. The summed E-state index contributed by atoms with van der Waals surface area (Å²) in [6.07, 6.45) is 3.15. The summed E-state index contributed by atoms with van der Waals surface area (Å²) in [6.45, 7) is 5.94. The van der Waals surface area contributed by atoms with Crippen molar-refractivity contribution in [3.63, 3.8) is 0 Å². The molecule has 6 heteroatoms. The average Bonchev–Trinajstić information content (AvgIpc) is 2.60. The molecule has 26 heavy (non-hydrogen) atoms. The number of aryl methyl sites for hydroxylation is 3. The van der Waals surface area contributed by atoms with Gasteiger partial charge in [0.15, 0.2) is 0 Å². The number of hydrogen-bond acceptors (Lipinski definition) is 3. The van der Waals surface area contributed by atoms with E-state index in [0.717, 1.165) is 16.7 Å². The number of amides is 1. The molecular weight excluding hydrogens is 348 g/mol. The molecule has 0 aliphatic heterocycles. The smallest absolute Gasteiger partial charge is 0.244 e. The highest BCUT2D eigenvalue weighted by Gasteiger charge is 2.16. The molecule has 0 fully saturated rings.